The maximum absolute atomic E-state index is 10.8. The summed E-state index contributed by atoms with van der Waals surface area (Å²) in [5, 5.41) is 2.76. The maximum Gasteiger partial charge on any atom is 0.219 e. The molecule has 1 amide bonds. The molecule has 1 aliphatic rings. The van der Waals surface area contributed by atoms with Gasteiger partial charge in [-0.1, -0.05) is 6.92 Å². The lowest BCUT2D eigenvalue weighted by atomic mass is 10.3. The predicted octanol–water partition coefficient (Wildman–Crippen LogP) is -0.0720. The summed E-state index contributed by atoms with van der Waals surface area (Å²) < 4.78 is 10.5. The fourth-order valence-electron chi connectivity index (χ4n) is 1.01. The molecule has 1 heterocycles. The quantitative estimate of drug-likeness (QED) is 0.649. The van der Waals surface area contributed by atoms with Gasteiger partial charge in [-0.2, -0.15) is 0 Å². The molecule has 0 radical (unpaired) electrons. The molecular weight excluding hydrogens is 158 g/mol. The Labute approximate surface area is 72.2 Å². The van der Waals surface area contributed by atoms with Crippen molar-refractivity contribution in [2.45, 2.75) is 19.4 Å². The summed E-state index contributed by atoms with van der Waals surface area (Å²) in [5.74, 6) is 0.0594. The van der Waals surface area contributed by atoms with Crippen molar-refractivity contribution in [3.05, 3.63) is 0 Å². The van der Waals surface area contributed by atoms with Crippen molar-refractivity contribution in [1.82, 2.24) is 5.32 Å². The van der Waals surface area contributed by atoms with Gasteiger partial charge < -0.3 is 14.8 Å². The van der Waals surface area contributed by atoms with Crippen LogP contribution in [0.1, 0.15) is 13.3 Å². The summed E-state index contributed by atoms with van der Waals surface area (Å²) in [6.07, 6.45) is 0.558. The van der Waals surface area contributed by atoms with Gasteiger partial charge in [0.25, 0.3) is 0 Å². The van der Waals surface area contributed by atoms with Gasteiger partial charge in [0.1, 0.15) is 0 Å². The molecule has 1 rings (SSSR count). The van der Waals surface area contributed by atoms with Gasteiger partial charge in [0.15, 0.2) is 0 Å². The van der Waals surface area contributed by atoms with Crippen LogP contribution in [0.5, 0.6) is 0 Å². The highest BCUT2D eigenvalue weighted by molar-refractivity contribution is 5.75. The van der Waals surface area contributed by atoms with Crippen molar-refractivity contribution in [2.75, 3.05) is 26.4 Å². The van der Waals surface area contributed by atoms with Crippen LogP contribution in [0, 0.1) is 0 Å². The number of amides is 1. The molecule has 1 fully saturated rings. The van der Waals surface area contributed by atoms with Crippen LogP contribution in [0.15, 0.2) is 0 Å². The lowest BCUT2D eigenvalue weighted by molar-refractivity contribution is -0.123. The average Bonchev–Trinajstić information content (AvgIpc) is 2.16. The number of ether oxygens (including phenoxy) is 2. The first-order valence-electron chi connectivity index (χ1n) is 4.29. The normalized spacial score (nSPS) is 23.6. The van der Waals surface area contributed by atoms with Gasteiger partial charge in [-0.25, -0.2) is 0 Å². The minimum absolute atomic E-state index is 0.0363. The molecule has 70 valence electrons. The molecule has 1 atom stereocenters. The van der Waals surface area contributed by atoms with Gasteiger partial charge >= 0.3 is 0 Å². The molecule has 0 aromatic carbocycles. The Balaban J connectivity index is 2.09. The Hall–Kier alpha value is -0.610. The van der Waals surface area contributed by atoms with E-state index in [1.165, 1.54) is 0 Å². The number of carbonyl (C=O) groups is 1. The molecule has 1 N–H and O–H groups in total. The largest absolute Gasteiger partial charge is 0.376 e. The molecule has 0 aliphatic carbocycles. The highest BCUT2D eigenvalue weighted by atomic mass is 16.6. The lowest BCUT2D eigenvalue weighted by Crippen LogP contribution is -2.39. The lowest BCUT2D eigenvalue weighted by Gasteiger charge is -2.22. The van der Waals surface area contributed by atoms with Crippen LogP contribution in [-0.2, 0) is 14.3 Å². The third kappa shape index (κ3) is 3.19. The zero-order valence-electron chi connectivity index (χ0n) is 7.34. The van der Waals surface area contributed by atoms with Crippen LogP contribution >= 0.6 is 0 Å². The molecule has 1 aliphatic heterocycles. The molecular formula is C8H15NO3. The molecule has 4 nitrogen and oxygen atoms in total. The SMILES string of the molecule is CCC(=O)NCC1COCCO1. The van der Waals surface area contributed by atoms with E-state index in [4.69, 9.17) is 9.47 Å². The first-order chi connectivity index (χ1) is 5.83. The first-order valence-corrected chi connectivity index (χ1v) is 4.29. The Bertz CT molecular complexity index is 143. The topological polar surface area (TPSA) is 47.6 Å². The zero-order chi connectivity index (χ0) is 8.81. The minimum Gasteiger partial charge on any atom is -0.376 e. The predicted molar refractivity (Wildman–Crippen MR) is 43.9 cm³/mol. The Morgan fingerprint density at radius 3 is 3.00 bits per heavy atom. The van der Waals surface area contributed by atoms with Crippen molar-refractivity contribution >= 4 is 5.91 Å². The molecule has 0 bridgehead atoms. The summed E-state index contributed by atoms with van der Waals surface area (Å²) in [6, 6.07) is 0. The van der Waals surface area contributed by atoms with E-state index in [9.17, 15) is 4.79 Å². The van der Waals surface area contributed by atoms with Gasteiger partial charge in [-0.3, -0.25) is 4.79 Å². The van der Waals surface area contributed by atoms with E-state index in [0.29, 0.717) is 32.8 Å². The number of carbonyl (C=O) groups excluding carboxylic acids is 1. The minimum atomic E-state index is 0.0363. The van der Waals surface area contributed by atoms with E-state index in [0.717, 1.165) is 0 Å². The van der Waals surface area contributed by atoms with E-state index in [1.807, 2.05) is 6.92 Å². The number of rotatable bonds is 3. The van der Waals surface area contributed by atoms with E-state index in [-0.39, 0.29) is 12.0 Å². The van der Waals surface area contributed by atoms with E-state index < -0.39 is 0 Å². The Kier molecular flexibility index (Phi) is 4.04. The first kappa shape index (κ1) is 9.48. The van der Waals surface area contributed by atoms with Crippen molar-refractivity contribution in [3.63, 3.8) is 0 Å². The van der Waals surface area contributed by atoms with E-state index in [2.05, 4.69) is 5.32 Å². The molecule has 1 unspecified atom stereocenters. The summed E-state index contributed by atoms with van der Waals surface area (Å²) in [4.78, 5) is 10.8. The fraction of sp³-hybridized carbons (Fsp3) is 0.875. The van der Waals surface area contributed by atoms with Crippen LogP contribution in [0.25, 0.3) is 0 Å². The van der Waals surface area contributed by atoms with Gasteiger partial charge in [-0.15, -0.1) is 0 Å². The fourth-order valence-corrected chi connectivity index (χ4v) is 1.01. The zero-order valence-corrected chi connectivity index (χ0v) is 7.34. The van der Waals surface area contributed by atoms with Gasteiger partial charge in [-0.05, 0) is 0 Å². The number of hydrogen-bond donors (Lipinski definition) is 1. The van der Waals surface area contributed by atoms with Crippen molar-refractivity contribution in [2.24, 2.45) is 0 Å². The monoisotopic (exact) mass is 173 g/mol. The maximum atomic E-state index is 10.8. The average molecular weight is 173 g/mol. The van der Waals surface area contributed by atoms with Crippen LogP contribution in [0.3, 0.4) is 0 Å². The summed E-state index contributed by atoms with van der Waals surface area (Å²) in [6.45, 7) is 4.27. The third-order valence-corrected chi connectivity index (χ3v) is 1.73. The molecule has 0 spiro atoms. The third-order valence-electron chi connectivity index (χ3n) is 1.73. The van der Waals surface area contributed by atoms with Crippen LogP contribution < -0.4 is 5.32 Å². The molecule has 12 heavy (non-hydrogen) atoms. The van der Waals surface area contributed by atoms with Gasteiger partial charge in [0.2, 0.25) is 5.91 Å². The van der Waals surface area contributed by atoms with Crippen LogP contribution in [0.4, 0.5) is 0 Å². The Morgan fingerprint density at radius 1 is 1.58 bits per heavy atom. The molecule has 1 saturated heterocycles. The molecule has 4 heteroatoms. The molecule has 0 saturated carbocycles. The smallest absolute Gasteiger partial charge is 0.219 e. The van der Waals surface area contributed by atoms with Gasteiger partial charge in [0.05, 0.1) is 25.9 Å². The summed E-state index contributed by atoms with van der Waals surface area (Å²) in [5.41, 5.74) is 0. The second kappa shape index (κ2) is 5.11. The second-order valence-corrected chi connectivity index (χ2v) is 2.73. The number of nitrogens with one attached hydrogen (secondary N) is 1. The van der Waals surface area contributed by atoms with Gasteiger partial charge in [0, 0.05) is 13.0 Å². The Morgan fingerprint density at radius 2 is 2.42 bits per heavy atom. The molecule has 0 aromatic rings. The van der Waals surface area contributed by atoms with Crippen LogP contribution in [-0.4, -0.2) is 38.4 Å². The summed E-state index contributed by atoms with van der Waals surface area (Å²) >= 11 is 0. The number of hydrogen-bond acceptors (Lipinski definition) is 3. The van der Waals surface area contributed by atoms with Crippen LogP contribution in [0.2, 0.25) is 0 Å². The van der Waals surface area contributed by atoms with Crippen molar-refractivity contribution < 1.29 is 14.3 Å². The van der Waals surface area contributed by atoms with E-state index >= 15 is 0 Å². The molecule has 0 aromatic heterocycles. The summed E-state index contributed by atoms with van der Waals surface area (Å²) in [7, 11) is 0. The second-order valence-electron chi connectivity index (χ2n) is 2.73. The highest BCUT2D eigenvalue weighted by Gasteiger charge is 2.14. The standard InChI is InChI=1S/C8H15NO3/c1-2-8(10)9-5-7-6-11-3-4-12-7/h7H,2-6H2,1H3,(H,9,10). The van der Waals surface area contributed by atoms with Crippen molar-refractivity contribution in [3.8, 4) is 0 Å². The van der Waals surface area contributed by atoms with E-state index in [1.54, 1.807) is 0 Å². The highest BCUT2D eigenvalue weighted by Crippen LogP contribution is 1.98. The van der Waals surface area contributed by atoms with Crippen molar-refractivity contribution in [1.29, 1.82) is 0 Å².